The Morgan fingerprint density at radius 3 is 3.11 bits per heavy atom. The molecule has 1 atom stereocenters. The van der Waals surface area contributed by atoms with Gasteiger partial charge in [0.1, 0.15) is 11.9 Å². The molecule has 0 aliphatic carbocycles. The van der Waals surface area contributed by atoms with Gasteiger partial charge in [-0.2, -0.15) is 10.2 Å². The summed E-state index contributed by atoms with van der Waals surface area (Å²) in [7, 11) is 0. The third-order valence-corrected chi connectivity index (χ3v) is 5.51. The number of piperidine rings is 1. The summed E-state index contributed by atoms with van der Waals surface area (Å²) in [6.07, 6.45) is 3.11. The summed E-state index contributed by atoms with van der Waals surface area (Å²) >= 11 is 1.57. The average molecular weight is 384 g/mol. The molecule has 1 fully saturated rings. The Morgan fingerprint density at radius 1 is 1.44 bits per heavy atom. The highest BCUT2D eigenvalue weighted by Crippen LogP contribution is 2.24. The van der Waals surface area contributed by atoms with Gasteiger partial charge in [-0.05, 0) is 37.3 Å². The third-order valence-electron chi connectivity index (χ3n) is 4.61. The first-order chi connectivity index (χ1) is 13.2. The number of hydrogen-bond donors (Lipinski definition) is 2. The molecule has 3 aromatic heterocycles. The Morgan fingerprint density at radius 2 is 2.33 bits per heavy atom. The summed E-state index contributed by atoms with van der Waals surface area (Å²) < 4.78 is 1.78. The van der Waals surface area contributed by atoms with Gasteiger partial charge in [-0.1, -0.05) is 6.07 Å². The van der Waals surface area contributed by atoms with E-state index in [1.54, 1.807) is 33.2 Å². The van der Waals surface area contributed by atoms with Crippen molar-refractivity contribution in [2.45, 2.75) is 32.4 Å². The van der Waals surface area contributed by atoms with Crippen LogP contribution in [0.2, 0.25) is 0 Å². The fourth-order valence-corrected chi connectivity index (χ4v) is 3.96. The molecule has 1 unspecified atom stereocenters. The Balaban J connectivity index is 1.47. The lowest BCUT2D eigenvalue weighted by molar-refractivity contribution is -0.121. The fourth-order valence-electron chi connectivity index (χ4n) is 3.26. The molecule has 9 heteroatoms. The number of carbonyl (C=O) groups excluding carboxylic acids is 2. The van der Waals surface area contributed by atoms with Crippen molar-refractivity contribution in [3.05, 3.63) is 41.5 Å². The van der Waals surface area contributed by atoms with Gasteiger partial charge < -0.3 is 5.32 Å². The number of carbonyl (C=O) groups is 2. The minimum atomic E-state index is -0.562. The van der Waals surface area contributed by atoms with E-state index in [9.17, 15) is 9.59 Å². The van der Waals surface area contributed by atoms with Crippen molar-refractivity contribution in [3.8, 4) is 10.6 Å². The molecule has 140 valence electrons. The van der Waals surface area contributed by atoms with E-state index in [4.69, 9.17) is 0 Å². The van der Waals surface area contributed by atoms with Gasteiger partial charge in [0.05, 0.1) is 16.8 Å². The number of thiophene rings is 1. The van der Waals surface area contributed by atoms with Crippen LogP contribution in [0.25, 0.3) is 10.6 Å². The standard InChI is InChI=1S/C18H20N6O2S/c1-2-24-16(7-8-19-24)23-9-3-5-12(18(23)26)20-17(25)14-11-13(21-22-14)15-6-4-10-27-15/h4,6-8,10-12H,2-3,5,9H2,1H3,(H,20,25)(H,21,22). The van der Waals surface area contributed by atoms with Crippen LogP contribution in [0.15, 0.2) is 35.8 Å². The van der Waals surface area contributed by atoms with Crippen molar-refractivity contribution < 1.29 is 9.59 Å². The summed E-state index contributed by atoms with van der Waals surface area (Å²) in [6.45, 7) is 3.29. The number of hydrogen-bond acceptors (Lipinski definition) is 5. The first-order valence-corrected chi connectivity index (χ1v) is 9.78. The maximum atomic E-state index is 12.9. The number of amides is 2. The lowest BCUT2D eigenvalue weighted by Crippen LogP contribution is -2.53. The minimum absolute atomic E-state index is 0.112. The number of anilines is 1. The predicted molar refractivity (Wildman–Crippen MR) is 103 cm³/mol. The largest absolute Gasteiger partial charge is 0.339 e. The normalized spacial score (nSPS) is 17.3. The summed E-state index contributed by atoms with van der Waals surface area (Å²) in [6, 6.07) is 6.87. The van der Waals surface area contributed by atoms with Gasteiger partial charge in [-0.15, -0.1) is 11.3 Å². The van der Waals surface area contributed by atoms with Gasteiger partial charge in [-0.25, -0.2) is 4.68 Å². The van der Waals surface area contributed by atoms with Crippen molar-refractivity contribution in [1.82, 2.24) is 25.3 Å². The van der Waals surface area contributed by atoms with Gasteiger partial charge in [0.15, 0.2) is 5.69 Å². The topological polar surface area (TPSA) is 95.9 Å². The van der Waals surface area contributed by atoms with Gasteiger partial charge in [0, 0.05) is 19.2 Å². The number of aromatic nitrogens is 4. The van der Waals surface area contributed by atoms with Crippen molar-refractivity contribution in [2.24, 2.45) is 0 Å². The summed E-state index contributed by atoms with van der Waals surface area (Å²) in [5.41, 5.74) is 1.07. The second kappa shape index (κ2) is 7.36. The molecule has 4 heterocycles. The van der Waals surface area contributed by atoms with Crippen LogP contribution in [0.3, 0.4) is 0 Å². The second-order valence-electron chi connectivity index (χ2n) is 6.31. The van der Waals surface area contributed by atoms with E-state index in [2.05, 4.69) is 20.6 Å². The molecular formula is C18H20N6O2S. The SMILES string of the molecule is CCn1nccc1N1CCCC(NC(=O)c2cc(-c3cccs3)[nH]n2)C1=O. The van der Waals surface area contributed by atoms with E-state index in [0.29, 0.717) is 19.5 Å². The number of rotatable bonds is 5. The van der Waals surface area contributed by atoms with Gasteiger partial charge >= 0.3 is 0 Å². The maximum absolute atomic E-state index is 12.9. The van der Waals surface area contributed by atoms with E-state index in [1.807, 2.05) is 30.5 Å². The van der Waals surface area contributed by atoms with Crippen LogP contribution in [0.1, 0.15) is 30.3 Å². The molecule has 0 radical (unpaired) electrons. The third kappa shape index (κ3) is 3.37. The Bertz CT molecular complexity index is 945. The number of aromatic amines is 1. The van der Waals surface area contributed by atoms with Crippen LogP contribution in [-0.2, 0) is 11.3 Å². The number of nitrogens with zero attached hydrogens (tertiary/aromatic N) is 4. The number of nitrogens with one attached hydrogen (secondary N) is 2. The Hall–Kier alpha value is -2.94. The van der Waals surface area contributed by atoms with Crippen molar-refractivity contribution >= 4 is 29.0 Å². The predicted octanol–water partition coefficient (Wildman–Crippen LogP) is 2.28. The molecule has 2 N–H and O–H groups in total. The first-order valence-electron chi connectivity index (χ1n) is 8.90. The monoisotopic (exact) mass is 384 g/mol. The zero-order chi connectivity index (χ0) is 18.8. The van der Waals surface area contributed by atoms with Crippen LogP contribution < -0.4 is 10.2 Å². The molecule has 0 saturated carbocycles. The lowest BCUT2D eigenvalue weighted by Gasteiger charge is -2.32. The highest BCUT2D eigenvalue weighted by molar-refractivity contribution is 7.13. The molecule has 27 heavy (non-hydrogen) atoms. The molecule has 8 nitrogen and oxygen atoms in total. The fraction of sp³-hybridized carbons (Fsp3) is 0.333. The molecule has 0 bridgehead atoms. The number of H-pyrrole nitrogens is 1. The van der Waals surface area contributed by atoms with Crippen LogP contribution in [0, 0.1) is 0 Å². The van der Waals surface area contributed by atoms with Crippen LogP contribution >= 0.6 is 11.3 Å². The summed E-state index contributed by atoms with van der Waals surface area (Å²) in [5, 5.41) is 16.0. The smallest absolute Gasteiger partial charge is 0.272 e. The van der Waals surface area contributed by atoms with E-state index >= 15 is 0 Å². The van der Waals surface area contributed by atoms with Crippen LogP contribution in [0.5, 0.6) is 0 Å². The first kappa shape index (κ1) is 17.5. The van der Waals surface area contributed by atoms with E-state index in [0.717, 1.165) is 22.8 Å². The second-order valence-corrected chi connectivity index (χ2v) is 7.26. The Labute approximate surface area is 160 Å². The van der Waals surface area contributed by atoms with Crippen molar-refractivity contribution in [2.75, 3.05) is 11.4 Å². The van der Waals surface area contributed by atoms with Gasteiger partial charge in [0.2, 0.25) is 0 Å². The molecular weight excluding hydrogens is 364 g/mol. The van der Waals surface area contributed by atoms with Gasteiger partial charge in [-0.3, -0.25) is 19.6 Å². The lowest BCUT2D eigenvalue weighted by atomic mass is 10.0. The van der Waals surface area contributed by atoms with Crippen LogP contribution in [-0.4, -0.2) is 44.4 Å². The minimum Gasteiger partial charge on any atom is -0.339 e. The molecule has 0 aromatic carbocycles. The molecule has 3 aromatic rings. The zero-order valence-corrected chi connectivity index (χ0v) is 15.7. The highest BCUT2D eigenvalue weighted by atomic mass is 32.1. The van der Waals surface area contributed by atoms with Crippen molar-refractivity contribution in [3.63, 3.8) is 0 Å². The Kier molecular flexibility index (Phi) is 4.76. The molecule has 1 saturated heterocycles. The highest BCUT2D eigenvalue weighted by Gasteiger charge is 2.32. The molecule has 4 rings (SSSR count). The molecule has 2 amide bonds. The van der Waals surface area contributed by atoms with E-state index in [1.165, 1.54) is 0 Å². The molecule has 1 aliphatic heterocycles. The summed E-state index contributed by atoms with van der Waals surface area (Å²) in [4.78, 5) is 28.2. The maximum Gasteiger partial charge on any atom is 0.272 e. The average Bonchev–Trinajstić information content (AvgIpc) is 3.43. The molecule has 0 spiro atoms. The van der Waals surface area contributed by atoms with E-state index < -0.39 is 6.04 Å². The number of aryl methyl sites for hydroxylation is 1. The van der Waals surface area contributed by atoms with Crippen LogP contribution in [0.4, 0.5) is 5.82 Å². The molecule has 1 aliphatic rings. The van der Waals surface area contributed by atoms with Gasteiger partial charge in [0.25, 0.3) is 11.8 Å². The van der Waals surface area contributed by atoms with E-state index in [-0.39, 0.29) is 17.5 Å². The summed E-state index contributed by atoms with van der Waals surface area (Å²) in [5.74, 6) is 0.304. The van der Waals surface area contributed by atoms with Crippen molar-refractivity contribution in [1.29, 1.82) is 0 Å². The quantitative estimate of drug-likeness (QED) is 0.705. The zero-order valence-electron chi connectivity index (χ0n) is 14.9.